The highest BCUT2D eigenvalue weighted by Gasteiger charge is 2.18. The van der Waals surface area contributed by atoms with Gasteiger partial charge in [0.05, 0.1) is 12.2 Å². The van der Waals surface area contributed by atoms with E-state index in [0.717, 1.165) is 0 Å². The molecule has 0 aliphatic heterocycles. The molecule has 7 nitrogen and oxygen atoms in total. The number of H-pyrrole nitrogens is 1. The van der Waals surface area contributed by atoms with Crippen molar-refractivity contribution in [3.8, 4) is 22.9 Å². The lowest BCUT2D eigenvalue weighted by Gasteiger charge is -2.06. The Morgan fingerprint density at radius 2 is 2.00 bits per heavy atom. The minimum absolute atomic E-state index is 0.131. The Kier molecular flexibility index (Phi) is 4.51. The predicted octanol–water partition coefficient (Wildman–Crippen LogP) is 3.78. The number of hydrogen-bond donors (Lipinski definition) is 1. The summed E-state index contributed by atoms with van der Waals surface area (Å²) in [7, 11) is 0. The molecule has 1 N–H and O–H groups in total. The average molecular weight is 406 g/mol. The predicted molar refractivity (Wildman–Crippen MR) is 97.1 cm³/mol. The Balaban J connectivity index is 1.84. The van der Waals surface area contributed by atoms with Gasteiger partial charge in [-0.2, -0.15) is 5.10 Å². The highest BCUT2D eigenvalue weighted by atomic mass is 35.5. The van der Waals surface area contributed by atoms with Gasteiger partial charge in [-0.15, -0.1) is 0 Å². The zero-order valence-corrected chi connectivity index (χ0v) is 15.0. The van der Waals surface area contributed by atoms with Crippen molar-refractivity contribution in [3.05, 3.63) is 74.6 Å². The molecule has 0 spiro atoms. The van der Waals surface area contributed by atoms with Crippen LogP contribution in [-0.2, 0) is 6.54 Å². The van der Waals surface area contributed by atoms with E-state index in [1.165, 1.54) is 17.0 Å². The maximum atomic E-state index is 14.1. The fourth-order valence-electron chi connectivity index (χ4n) is 2.54. The van der Waals surface area contributed by atoms with Crippen molar-refractivity contribution in [2.75, 3.05) is 0 Å². The summed E-state index contributed by atoms with van der Waals surface area (Å²) in [5.74, 6) is -0.229. The van der Waals surface area contributed by atoms with Gasteiger partial charge in [0.2, 0.25) is 0 Å². The highest BCUT2D eigenvalue weighted by molar-refractivity contribution is 6.41. The van der Waals surface area contributed by atoms with E-state index in [-0.39, 0.29) is 28.4 Å². The average Bonchev–Trinajstić information content (AvgIpc) is 3.31. The molecule has 0 atom stereocenters. The second-order valence-corrected chi connectivity index (χ2v) is 6.30. The molecule has 0 bridgehead atoms. The number of halogens is 3. The Morgan fingerprint density at radius 1 is 1.19 bits per heavy atom. The van der Waals surface area contributed by atoms with Crippen LogP contribution >= 0.6 is 23.2 Å². The number of aromatic nitrogens is 5. The molecule has 0 radical (unpaired) electrons. The lowest BCUT2D eigenvalue weighted by molar-refractivity contribution is 0.421. The van der Waals surface area contributed by atoms with E-state index in [4.69, 9.17) is 27.7 Å². The molecule has 3 aromatic heterocycles. The monoisotopic (exact) mass is 405 g/mol. The van der Waals surface area contributed by atoms with Gasteiger partial charge in [0.25, 0.3) is 5.56 Å². The van der Waals surface area contributed by atoms with Gasteiger partial charge in [-0.05, 0) is 12.1 Å². The molecule has 1 aromatic carbocycles. The third-order valence-corrected chi connectivity index (χ3v) is 4.54. The maximum absolute atomic E-state index is 14.1. The Labute approximate surface area is 161 Å². The van der Waals surface area contributed by atoms with Gasteiger partial charge >= 0.3 is 0 Å². The van der Waals surface area contributed by atoms with Crippen molar-refractivity contribution in [2.24, 2.45) is 0 Å². The number of aromatic amines is 1. The van der Waals surface area contributed by atoms with Gasteiger partial charge in [0.15, 0.2) is 11.0 Å². The number of nitrogens with one attached hydrogen (secondary N) is 1. The van der Waals surface area contributed by atoms with E-state index < -0.39 is 5.56 Å². The van der Waals surface area contributed by atoms with Gasteiger partial charge in [-0.1, -0.05) is 46.6 Å². The first kappa shape index (κ1) is 17.4. The summed E-state index contributed by atoms with van der Waals surface area (Å²) in [6.07, 6.45) is 1.41. The fraction of sp³-hybridized carbons (Fsp3) is 0.0588. The fourth-order valence-corrected chi connectivity index (χ4v) is 2.80. The Hall–Kier alpha value is -2.97. The first-order valence-corrected chi connectivity index (χ1v) is 8.46. The smallest absolute Gasteiger partial charge is 0.271 e. The van der Waals surface area contributed by atoms with E-state index in [0.29, 0.717) is 22.6 Å². The third kappa shape index (κ3) is 3.36. The lowest BCUT2D eigenvalue weighted by atomic mass is 10.2. The molecule has 0 aliphatic carbocycles. The summed E-state index contributed by atoms with van der Waals surface area (Å²) >= 11 is 11.6. The van der Waals surface area contributed by atoms with E-state index in [9.17, 15) is 9.18 Å². The molecular formula is C17H10Cl2FN5O2. The molecule has 0 amide bonds. The largest absolute Gasteiger partial charge is 0.364 e. The summed E-state index contributed by atoms with van der Waals surface area (Å²) in [5.41, 5.74) is 1.22. The van der Waals surface area contributed by atoms with E-state index >= 15 is 0 Å². The summed E-state index contributed by atoms with van der Waals surface area (Å²) < 4.78 is 20.5. The summed E-state index contributed by atoms with van der Waals surface area (Å²) in [5, 5.41) is 7.97. The van der Waals surface area contributed by atoms with Crippen LogP contribution in [0.5, 0.6) is 0 Å². The van der Waals surface area contributed by atoms with Crippen molar-refractivity contribution in [2.45, 2.75) is 6.54 Å². The molecule has 27 heavy (non-hydrogen) atoms. The van der Waals surface area contributed by atoms with E-state index in [1.807, 2.05) is 0 Å². The zero-order chi connectivity index (χ0) is 19.0. The summed E-state index contributed by atoms with van der Waals surface area (Å²) in [4.78, 5) is 18.4. The van der Waals surface area contributed by atoms with Crippen molar-refractivity contribution < 1.29 is 8.91 Å². The number of hydrogen-bond acceptors (Lipinski definition) is 5. The first-order valence-electron chi connectivity index (χ1n) is 7.70. The molecule has 0 unspecified atom stereocenters. The third-order valence-electron chi connectivity index (χ3n) is 3.82. The number of nitrogens with zero attached hydrogens (tertiary/aromatic N) is 4. The highest BCUT2D eigenvalue weighted by Crippen LogP contribution is 2.26. The van der Waals surface area contributed by atoms with Gasteiger partial charge < -0.3 is 9.51 Å². The summed E-state index contributed by atoms with van der Waals surface area (Å²) in [6.45, 7) is 0.139. The normalized spacial score (nSPS) is 11.1. The minimum Gasteiger partial charge on any atom is -0.364 e. The quantitative estimate of drug-likeness (QED) is 0.521. The molecule has 0 saturated heterocycles. The molecule has 0 fully saturated rings. The van der Waals surface area contributed by atoms with E-state index in [1.54, 1.807) is 30.3 Å². The Bertz CT molecular complexity index is 1170. The maximum Gasteiger partial charge on any atom is 0.271 e. The number of rotatable bonds is 4. The van der Waals surface area contributed by atoms with Crippen LogP contribution in [0.25, 0.3) is 22.9 Å². The van der Waals surface area contributed by atoms with Crippen LogP contribution in [-0.4, -0.2) is 24.9 Å². The van der Waals surface area contributed by atoms with Gasteiger partial charge in [-0.3, -0.25) is 9.48 Å². The van der Waals surface area contributed by atoms with Gasteiger partial charge in [0.1, 0.15) is 28.5 Å². The second-order valence-electron chi connectivity index (χ2n) is 5.57. The van der Waals surface area contributed by atoms with Gasteiger partial charge in [-0.25, -0.2) is 9.37 Å². The SMILES string of the molecule is O=c1[nH]c(-c2cc(-c3ccon3)n(Cc3ccccc3F)n2)nc(Cl)c1Cl. The van der Waals surface area contributed by atoms with Gasteiger partial charge in [0, 0.05) is 11.6 Å². The number of benzene rings is 1. The van der Waals surface area contributed by atoms with Crippen LogP contribution in [0.3, 0.4) is 0 Å². The molecule has 4 aromatic rings. The second kappa shape index (κ2) is 6.98. The van der Waals surface area contributed by atoms with Crippen molar-refractivity contribution >= 4 is 23.2 Å². The van der Waals surface area contributed by atoms with Crippen molar-refractivity contribution in [1.82, 2.24) is 24.9 Å². The van der Waals surface area contributed by atoms with Crippen LogP contribution in [0.4, 0.5) is 4.39 Å². The topological polar surface area (TPSA) is 89.6 Å². The van der Waals surface area contributed by atoms with Crippen LogP contribution in [0.2, 0.25) is 10.2 Å². The van der Waals surface area contributed by atoms with E-state index in [2.05, 4.69) is 20.2 Å². The van der Waals surface area contributed by atoms with Crippen LogP contribution in [0.15, 0.2) is 52.0 Å². The first-order chi connectivity index (χ1) is 13.0. The minimum atomic E-state index is -0.585. The molecule has 10 heteroatoms. The lowest BCUT2D eigenvalue weighted by Crippen LogP contribution is -2.10. The Morgan fingerprint density at radius 3 is 2.70 bits per heavy atom. The van der Waals surface area contributed by atoms with Crippen molar-refractivity contribution in [3.63, 3.8) is 0 Å². The molecule has 0 aliphatic rings. The van der Waals surface area contributed by atoms with Crippen LogP contribution in [0.1, 0.15) is 5.56 Å². The van der Waals surface area contributed by atoms with Crippen LogP contribution < -0.4 is 5.56 Å². The standard InChI is InChI=1S/C17H10Cl2FN5O2/c18-14-15(19)21-16(22-17(14)26)12-7-13(11-5-6-27-24-11)25(23-12)8-9-3-1-2-4-10(9)20/h1-7H,8H2,(H,21,22,26). The molecule has 3 heterocycles. The molecule has 4 rings (SSSR count). The van der Waals surface area contributed by atoms with Crippen LogP contribution in [0, 0.1) is 5.82 Å². The molecule has 0 saturated carbocycles. The zero-order valence-electron chi connectivity index (χ0n) is 13.5. The molecule has 136 valence electrons. The summed E-state index contributed by atoms with van der Waals surface area (Å²) in [6, 6.07) is 9.65. The van der Waals surface area contributed by atoms with Crippen molar-refractivity contribution in [1.29, 1.82) is 0 Å². The molecular weight excluding hydrogens is 396 g/mol.